The highest BCUT2D eigenvalue weighted by molar-refractivity contribution is 6.45. The molecule has 0 unspecified atom stereocenters. The molecule has 27 nitrogen and oxygen atoms in total. The van der Waals surface area contributed by atoms with Gasteiger partial charge in [0.05, 0.1) is 0 Å². The molecule has 0 spiro atoms. The van der Waals surface area contributed by atoms with E-state index in [1.54, 1.807) is 28.0 Å². The monoisotopic (exact) mass is 1450 g/mol. The molecule has 0 atom stereocenters. The molecule has 588 valence electrons. The number of nitrogens with one attached hydrogen (secondary N) is 7. The maximum absolute atomic E-state index is 11.8. The number of aliphatic carboxylic acids is 1. The number of carbonyl (C=O) groups is 14. The number of carboxylic acids is 1. The van der Waals surface area contributed by atoms with Gasteiger partial charge in [0.2, 0.25) is 35.4 Å². The number of amides is 12. The van der Waals surface area contributed by atoms with Crippen LogP contribution in [0.5, 0.6) is 0 Å². The van der Waals surface area contributed by atoms with Gasteiger partial charge in [0.25, 0.3) is 35.4 Å². The van der Waals surface area contributed by atoms with E-state index in [1.807, 2.05) is 0 Å². The molecule has 0 aromatic heterocycles. The van der Waals surface area contributed by atoms with Crippen molar-refractivity contribution in [3.63, 3.8) is 0 Å². The van der Waals surface area contributed by atoms with Crippen molar-refractivity contribution in [1.82, 2.24) is 52.0 Å². The highest BCUT2D eigenvalue weighted by Crippen LogP contribution is 2.14. The van der Waals surface area contributed by atoms with Gasteiger partial charge < -0.3 is 52.1 Å². The summed E-state index contributed by atoms with van der Waals surface area (Å²) in [5.41, 5.74) is 0. The third-order valence-electron chi connectivity index (χ3n) is 15.1. The predicted octanol–water partition coefficient (Wildman–Crippen LogP) is 9.92. The van der Waals surface area contributed by atoms with Crippen molar-refractivity contribution in [3.8, 4) is 0 Å². The van der Waals surface area contributed by atoms with Crippen molar-refractivity contribution in [2.24, 2.45) is 0 Å². The Bertz CT molecular complexity index is 2290. The summed E-state index contributed by atoms with van der Waals surface area (Å²) in [5.74, 6) is -3.68. The first-order valence-electron chi connectivity index (χ1n) is 38.0. The third kappa shape index (κ3) is 71.1. The van der Waals surface area contributed by atoms with Gasteiger partial charge in [0, 0.05) is 142 Å². The first-order chi connectivity index (χ1) is 48.8. The minimum absolute atomic E-state index is 0.0332. The molecule has 3 heterocycles. The van der Waals surface area contributed by atoms with E-state index in [0.717, 1.165) is 131 Å². The summed E-state index contributed by atoms with van der Waals surface area (Å²) in [7, 11) is 4.49. The van der Waals surface area contributed by atoms with E-state index in [-0.39, 0.29) is 98.9 Å². The highest BCUT2D eigenvalue weighted by Gasteiger charge is 2.33. The fraction of sp³-hybridized carbons (Fsp3) is 0.757. The number of carboxylic acid groups (broad SMARTS) is 1. The fourth-order valence-electron chi connectivity index (χ4n) is 8.29. The van der Waals surface area contributed by atoms with Crippen LogP contribution in [0.25, 0.3) is 0 Å². The molecule has 3 aliphatic rings. The highest BCUT2D eigenvalue weighted by atomic mass is 16.7. The average molecular weight is 1450 g/mol. The van der Waals surface area contributed by atoms with Gasteiger partial charge in [-0.3, -0.25) is 72.1 Å². The number of unbranched alkanes of at least 4 members (excludes halogenated alkanes) is 17. The van der Waals surface area contributed by atoms with Crippen LogP contribution in [-0.4, -0.2) is 175 Å². The molecule has 12 amide bonds. The molecule has 0 aliphatic carbocycles. The van der Waals surface area contributed by atoms with E-state index in [4.69, 9.17) is 10.1 Å². The van der Waals surface area contributed by atoms with Gasteiger partial charge in [-0.05, 0) is 90.4 Å². The number of hydrogen-bond acceptors (Lipinski definition) is 17. The van der Waals surface area contributed by atoms with Crippen molar-refractivity contribution in [2.45, 2.75) is 306 Å². The topological polar surface area (TPSA) is 383 Å². The van der Waals surface area contributed by atoms with Gasteiger partial charge in [-0.2, -0.15) is 0 Å². The summed E-state index contributed by atoms with van der Waals surface area (Å²) in [6, 6.07) is 0. The lowest BCUT2D eigenvalue weighted by molar-refractivity contribution is -0.197. The second-order valence-electron chi connectivity index (χ2n) is 24.5. The van der Waals surface area contributed by atoms with Gasteiger partial charge in [-0.1, -0.05) is 158 Å². The SMILES string of the molecule is CB(O)NCCCCCC(=O)O.CCCC.CCCC.CCCC.CCCCCCC(=O)NC.CCCCCCC(=O)NCCCCCC(=O)NC.CNC(=O)CCCCCNC(=O)CCCCCNC(=O)CCCN1C(=O)C=CC1=O.O=C(CCCN1C(=O)C=CC1=O)ON1C(=O)CCC1=O. The summed E-state index contributed by atoms with van der Waals surface area (Å²) in [5, 5.41) is 36.8. The van der Waals surface area contributed by atoms with Crippen molar-refractivity contribution in [3.05, 3.63) is 24.3 Å². The summed E-state index contributed by atoms with van der Waals surface area (Å²) in [6.45, 7) is 22.1. The molecule has 0 aromatic rings. The summed E-state index contributed by atoms with van der Waals surface area (Å²) in [6.07, 6.45) is 36.4. The average Bonchev–Trinajstić information content (AvgIpc) is 1.74. The third-order valence-corrected chi connectivity index (χ3v) is 15.1. The van der Waals surface area contributed by atoms with Gasteiger partial charge in [0.1, 0.15) is 0 Å². The van der Waals surface area contributed by atoms with Gasteiger partial charge >= 0.3 is 19.0 Å². The first-order valence-corrected chi connectivity index (χ1v) is 38.0. The fourth-order valence-corrected chi connectivity index (χ4v) is 8.29. The van der Waals surface area contributed by atoms with E-state index < -0.39 is 42.6 Å². The van der Waals surface area contributed by atoms with Crippen LogP contribution in [-0.2, 0) is 72.0 Å². The summed E-state index contributed by atoms with van der Waals surface area (Å²) in [4.78, 5) is 164. The zero-order valence-electron chi connectivity index (χ0n) is 64.9. The second kappa shape index (κ2) is 76.3. The van der Waals surface area contributed by atoms with Gasteiger partial charge in [-0.25, -0.2) is 4.79 Å². The lowest BCUT2D eigenvalue weighted by Gasteiger charge is -2.14. The van der Waals surface area contributed by atoms with Crippen LogP contribution in [0.4, 0.5) is 0 Å². The lowest BCUT2D eigenvalue weighted by atomic mass is 9.89. The molecule has 0 saturated carbocycles. The molecule has 3 aliphatic heterocycles. The van der Waals surface area contributed by atoms with Crippen molar-refractivity contribution in [1.29, 1.82) is 0 Å². The zero-order valence-corrected chi connectivity index (χ0v) is 64.9. The van der Waals surface area contributed by atoms with Gasteiger partial charge in [0.15, 0.2) is 0 Å². The quantitative estimate of drug-likeness (QED) is 0.0155. The number of imide groups is 3. The van der Waals surface area contributed by atoms with Crippen molar-refractivity contribution >= 4 is 89.9 Å². The molecule has 3 rings (SSSR count). The number of nitrogens with zero attached hydrogens (tertiary/aromatic N) is 3. The Balaban J connectivity index is -0.000000384. The van der Waals surface area contributed by atoms with Crippen LogP contribution in [0.1, 0.15) is 299 Å². The van der Waals surface area contributed by atoms with E-state index in [0.29, 0.717) is 56.7 Å². The predicted molar refractivity (Wildman–Crippen MR) is 401 cm³/mol. The molecule has 1 saturated heterocycles. The standard InChI is InChI=1S/C21H34N4O5.C14H28N2O2.C12H12N2O6.C8H17NO.C7H16BNO3.3C4H10/c1-22-17(26)9-4-2-6-14-23-18(27)10-5-3-7-15-24-19(28)11-8-16-25-20(29)12-13-21(25)30;1-3-4-5-7-11-14(18)16-12-9-6-8-10-13(17)15-2;15-8-3-4-9(16)13(8)7-1-2-12(19)20-14-10(17)5-6-11(14)18;1-3-4-5-6-7-8(10)9-2;1-8(12)9-6-4-2-3-5-7(10)11;3*1-3-4-2/h12-13H,2-11,14-16H2,1H3,(H,22,26)(H,23,27)(H,24,28);3-12H2,1-2H3,(H,15,17)(H,16,18);3-4H,1-2,5-7H2;3-7H2,1-2H3,(H,9,10);9,12H,2-6H2,1H3,(H,10,11);3*3-4H2,1-2H3. The summed E-state index contributed by atoms with van der Waals surface area (Å²) >= 11 is 0. The molecule has 9 N–H and O–H groups in total. The first kappa shape index (κ1) is 103. The molecular weight excluding hydrogens is 1310 g/mol. The number of hydrogen-bond donors (Lipinski definition) is 9. The van der Waals surface area contributed by atoms with Crippen LogP contribution in [0.15, 0.2) is 24.3 Å². The maximum atomic E-state index is 11.8. The Morgan fingerprint density at radius 2 is 0.647 bits per heavy atom. The zero-order chi connectivity index (χ0) is 78.0. The molecule has 1 fully saturated rings. The minimum atomic E-state index is -0.749. The molecular formula is C74H137BN10O17. The molecule has 102 heavy (non-hydrogen) atoms. The van der Waals surface area contributed by atoms with Gasteiger partial charge in [-0.15, -0.1) is 5.06 Å². The van der Waals surface area contributed by atoms with Crippen LogP contribution in [0.2, 0.25) is 6.82 Å². The lowest BCUT2D eigenvalue weighted by Crippen LogP contribution is -2.33. The molecule has 0 radical (unpaired) electrons. The Morgan fingerprint density at radius 1 is 0.373 bits per heavy atom. The molecule has 0 aromatic carbocycles. The molecule has 0 bridgehead atoms. The van der Waals surface area contributed by atoms with Crippen LogP contribution >= 0.6 is 0 Å². The second-order valence-corrected chi connectivity index (χ2v) is 24.5. The Labute approximate surface area is 612 Å². The van der Waals surface area contributed by atoms with E-state index in [1.165, 1.54) is 82.8 Å². The van der Waals surface area contributed by atoms with Crippen molar-refractivity contribution < 1.29 is 82.1 Å². The maximum Gasteiger partial charge on any atom is 0.373 e. The number of hydroxylamine groups is 2. The number of rotatable bonds is 47. The largest absolute Gasteiger partial charge is 0.481 e. The van der Waals surface area contributed by atoms with Crippen molar-refractivity contribution in [2.75, 3.05) is 60.4 Å². The Hall–Kier alpha value is -7.36. The summed E-state index contributed by atoms with van der Waals surface area (Å²) < 4.78 is 0. The van der Waals surface area contributed by atoms with Crippen LogP contribution < -0.4 is 37.1 Å². The van der Waals surface area contributed by atoms with E-state index >= 15 is 0 Å². The Kier molecular flexibility index (Phi) is 77.2. The van der Waals surface area contributed by atoms with E-state index in [2.05, 4.69) is 97.4 Å². The minimum Gasteiger partial charge on any atom is -0.481 e. The smallest absolute Gasteiger partial charge is 0.373 e. The Morgan fingerprint density at radius 3 is 0.931 bits per heavy atom. The normalized spacial score (nSPS) is 12.1. The van der Waals surface area contributed by atoms with Crippen LogP contribution in [0.3, 0.4) is 0 Å². The van der Waals surface area contributed by atoms with Crippen LogP contribution in [0, 0.1) is 0 Å². The molecule has 28 heteroatoms. The van der Waals surface area contributed by atoms with E-state index in [9.17, 15) is 67.1 Å². The number of carbonyl (C=O) groups excluding carboxylic acids is 13.